The van der Waals surface area contributed by atoms with Gasteiger partial charge in [-0.05, 0) is 37.6 Å². The highest BCUT2D eigenvalue weighted by Gasteiger charge is 2.22. The molecule has 2 N–H and O–H groups in total. The van der Waals surface area contributed by atoms with Crippen LogP contribution in [0.15, 0.2) is 48.5 Å². The predicted molar refractivity (Wildman–Crippen MR) is 92.0 cm³/mol. The van der Waals surface area contributed by atoms with Crippen molar-refractivity contribution < 1.29 is 18.3 Å². The molecular weight excluding hydrogens is 326 g/mol. The largest absolute Gasteiger partial charge is 0.481 e. The molecule has 134 valence electrons. The Morgan fingerprint density at radius 2 is 1.88 bits per heavy atom. The molecule has 1 atom stereocenters. The fourth-order valence-corrected chi connectivity index (χ4v) is 2.41. The Kier molecular flexibility index (Phi) is 6.89. The molecule has 0 bridgehead atoms. The van der Waals surface area contributed by atoms with Crippen LogP contribution in [0.2, 0.25) is 0 Å². The summed E-state index contributed by atoms with van der Waals surface area (Å²) in [4.78, 5) is 14.4. The summed E-state index contributed by atoms with van der Waals surface area (Å²) in [6, 6.07) is 12.8. The normalized spacial score (nSPS) is 11.8. The molecule has 0 saturated heterocycles. The predicted octanol–water partition coefficient (Wildman–Crippen LogP) is 3.11. The minimum absolute atomic E-state index is 0.109. The zero-order valence-corrected chi connectivity index (χ0v) is 14.1. The number of nitrogens with two attached hydrogens (primary N) is 1. The maximum absolute atomic E-state index is 13.3. The van der Waals surface area contributed by atoms with E-state index in [2.05, 4.69) is 0 Å². The number of hydrogen-bond acceptors (Lipinski definition) is 3. The van der Waals surface area contributed by atoms with Gasteiger partial charge in [0.25, 0.3) is 5.91 Å². The summed E-state index contributed by atoms with van der Waals surface area (Å²) in [5.41, 5.74) is 6.55. The quantitative estimate of drug-likeness (QED) is 0.797. The molecule has 0 aliphatic heterocycles. The number of hydrogen-bond donors (Lipinski definition) is 1. The van der Waals surface area contributed by atoms with Gasteiger partial charge in [-0.1, -0.05) is 30.3 Å². The van der Waals surface area contributed by atoms with Crippen LogP contribution in [0.25, 0.3) is 0 Å². The number of benzene rings is 2. The van der Waals surface area contributed by atoms with Gasteiger partial charge in [-0.3, -0.25) is 4.79 Å². The van der Waals surface area contributed by atoms with Gasteiger partial charge in [0.15, 0.2) is 17.7 Å². The molecule has 0 spiro atoms. The van der Waals surface area contributed by atoms with Crippen LogP contribution in [0.3, 0.4) is 0 Å². The third kappa shape index (κ3) is 5.53. The Bertz CT molecular complexity index is 695. The fraction of sp³-hybridized carbons (Fsp3) is 0.316. The number of carbonyl (C=O) groups excluding carboxylic acids is 1. The lowest BCUT2D eigenvalue weighted by Gasteiger charge is -2.26. The molecule has 0 aliphatic rings. The SMILES string of the molecule is CC(Oc1ccc(F)c(F)c1)C(=O)N(CCCN)Cc1ccccc1. The van der Waals surface area contributed by atoms with Crippen molar-refractivity contribution in [2.24, 2.45) is 5.73 Å². The molecule has 2 aromatic carbocycles. The molecule has 6 heteroatoms. The van der Waals surface area contributed by atoms with Crippen LogP contribution in [0, 0.1) is 11.6 Å². The van der Waals surface area contributed by atoms with E-state index in [1.165, 1.54) is 6.07 Å². The van der Waals surface area contributed by atoms with Gasteiger partial charge < -0.3 is 15.4 Å². The van der Waals surface area contributed by atoms with E-state index in [1.54, 1.807) is 11.8 Å². The van der Waals surface area contributed by atoms with Crippen molar-refractivity contribution in [2.45, 2.75) is 26.0 Å². The zero-order valence-electron chi connectivity index (χ0n) is 14.1. The molecule has 0 heterocycles. The summed E-state index contributed by atoms with van der Waals surface area (Å²) >= 11 is 0. The van der Waals surface area contributed by atoms with E-state index in [4.69, 9.17) is 10.5 Å². The van der Waals surface area contributed by atoms with Gasteiger partial charge in [-0.2, -0.15) is 0 Å². The summed E-state index contributed by atoms with van der Waals surface area (Å²) in [7, 11) is 0. The van der Waals surface area contributed by atoms with E-state index in [0.29, 0.717) is 26.1 Å². The molecule has 1 amide bonds. The monoisotopic (exact) mass is 348 g/mol. The fourth-order valence-electron chi connectivity index (χ4n) is 2.41. The maximum atomic E-state index is 13.3. The average molecular weight is 348 g/mol. The van der Waals surface area contributed by atoms with Gasteiger partial charge in [-0.25, -0.2) is 8.78 Å². The van der Waals surface area contributed by atoms with Gasteiger partial charge in [0.1, 0.15) is 5.75 Å². The molecule has 2 aromatic rings. The van der Waals surface area contributed by atoms with Crippen molar-refractivity contribution in [3.05, 3.63) is 65.7 Å². The first-order chi connectivity index (χ1) is 12.0. The Morgan fingerprint density at radius 3 is 2.52 bits per heavy atom. The number of ether oxygens (including phenoxy) is 1. The van der Waals surface area contributed by atoms with Gasteiger partial charge in [0, 0.05) is 19.2 Å². The van der Waals surface area contributed by atoms with Crippen LogP contribution in [0.5, 0.6) is 5.75 Å². The molecule has 0 saturated carbocycles. The van der Waals surface area contributed by atoms with E-state index >= 15 is 0 Å². The van der Waals surface area contributed by atoms with E-state index < -0.39 is 17.7 Å². The van der Waals surface area contributed by atoms with Crippen molar-refractivity contribution in [1.29, 1.82) is 0 Å². The van der Waals surface area contributed by atoms with Gasteiger partial charge >= 0.3 is 0 Å². The first kappa shape index (κ1) is 18.9. The minimum atomic E-state index is -1.01. The number of amides is 1. The van der Waals surface area contributed by atoms with Gasteiger partial charge in [-0.15, -0.1) is 0 Å². The zero-order chi connectivity index (χ0) is 18.2. The lowest BCUT2D eigenvalue weighted by molar-refractivity contribution is -0.138. The van der Waals surface area contributed by atoms with Crippen molar-refractivity contribution in [3.8, 4) is 5.75 Å². The van der Waals surface area contributed by atoms with Crippen LogP contribution >= 0.6 is 0 Å². The molecular formula is C19H22F2N2O2. The van der Waals surface area contributed by atoms with Crippen LogP contribution in [-0.4, -0.2) is 30.0 Å². The minimum Gasteiger partial charge on any atom is -0.481 e. The molecule has 2 rings (SSSR count). The highest BCUT2D eigenvalue weighted by molar-refractivity contribution is 5.80. The third-order valence-electron chi connectivity index (χ3n) is 3.71. The number of halogens is 2. The van der Waals surface area contributed by atoms with Crippen molar-refractivity contribution in [2.75, 3.05) is 13.1 Å². The first-order valence-corrected chi connectivity index (χ1v) is 8.15. The van der Waals surface area contributed by atoms with Crippen molar-refractivity contribution >= 4 is 5.91 Å². The van der Waals surface area contributed by atoms with Gasteiger partial charge in [0.05, 0.1) is 0 Å². The average Bonchev–Trinajstić information content (AvgIpc) is 2.62. The molecule has 0 radical (unpaired) electrons. The second kappa shape index (κ2) is 9.13. The summed E-state index contributed by atoms with van der Waals surface area (Å²) in [6.07, 6.45) is -0.164. The highest BCUT2D eigenvalue weighted by Crippen LogP contribution is 2.18. The summed E-state index contributed by atoms with van der Waals surface area (Å²) in [6.45, 7) is 2.99. The lowest BCUT2D eigenvalue weighted by Crippen LogP contribution is -2.41. The summed E-state index contributed by atoms with van der Waals surface area (Å²) in [5.74, 6) is -2.10. The third-order valence-corrected chi connectivity index (χ3v) is 3.71. The maximum Gasteiger partial charge on any atom is 0.263 e. The number of rotatable bonds is 8. The van der Waals surface area contributed by atoms with Crippen LogP contribution in [-0.2, 0) is 11.3 Å². The smallest absolute Gasteiger partial charge is 0.263 e. The van der Waals surface area contributed by atoms with E-state index in [9.17, 15) is 13.6 Å². The topological polar surface area (TPSA) is 55.6 Å². The van der Waals surface area contributed by atoms with E-state index in [-0.39, 0.29) is 11.7 Å². The lowest BCUT2D eigenvalue weighted by atomic mass is 10.2. The van der Waals surface area contributed by atoms with Crippen LogP contribution in [0.1, 0.15) is 18.9 Å². The van der Waals surface area contributed by atoms with Crippen LogP contribution in [0.4, 0.5) is 8.78 Å². The molecule has 0 fully saturated rings. The molecule has 1 unspecified atom stereocenters. The highest BCUT2D eigenvalue weighted by atomic mass is 19.2. The Hall–Kier alpha value is -2.47. The second-order valence-corrected chi connectivity index (χ2v) is 5.72. The van der Waals surface area contributed by atoms with E-state index in [1.807, 2.05) is 30.3 Å². The van der Waals surface area contributed by atoms with E-state index in [0.717, 1.165) is 17.7 Å². The second-order valence-electron chi connectivity index (χ2n) is 5.72. The van der Waals surface area contributed by atoms with Crippen molar-refractivity contribution in [3.63, 3.8) is 0 Å². The molecule has 4 nitrogen and oxygen atoms in total. The van der Waals surface area contributed by atoms with Crippen LogP contribution < -0.4 is 10.5 Å². The Balaban J connectivity index is 2.06. The molecule has 0 aliphatic carbocycles. The summed E-state index contributed by atoms with van der Waals surface area (Å²) in [5, 5.41) is 0. The summed E-state index contributed by atoms with van der Waals surface area (Å²) < 4.78 is 31.7. The first-order valence-electron chi connectivity index (χ1n) is 8.15. The Morgan fingerprint density at radius 1 is 1.16 bits per heavy atom. The van der Waals surface area contributed by atoms with Gasteiger partial charge in [0.2, 0.25) is 0 Å². The molecule has 25 heavy (non-hydrogen) atoms. The Labute approximate surface area is 146 Å². The number of nitrogens with zero attached hydrogens (tertiary/aromatic N) is 1. The molecule has 0 aromatic heterocycles. The number of carbonyl (C=O) groups is 1. The standard InChI is InChI=1S/C19H22F2N2O2/c1-14(25-16-8-9-17(20)18(21)12-16)19(24)23(11-5-10-22)13-15-6-3-2-4-7-15/h2-4,6-9,12,14H,5,10-11,13,22H2,1H3. The van der Waals surface area contributed by atoms with Crippen molar-refractivity contribution in [1.82, 2.24) is 4.90 Å².